The number of carbonyl (C=O) groups is 1. The Morgan fingerprint density at radius 2 is 2.15 bits per heavy atom. The molecule has 26 heavy (non-hydrogen) atoms. The summed E-state index contributed by atoms with van der Waals surface area (Å²) in [7, 11) is 0. The fraction of sp³-hybridized carbons (Fsp3) is 0.471. The van der Waals surface area contributed by atoms with Crippen LogP contribution in [0.3, 0.4) is 0 Å². The van der Waals surface area contributed by atoms with Crippen LogP contribution in [-0.2, 0) is 9.53 Å². The first-order valence-corrected chi connectivity index (χ1v) is 8.22. The SMILES string of the molecule is CC(NC(=O)C1(CN)CCOCC1)c1nc(-c2cccc(F)c2)no1.Cl. The van der Waals surface area contributed by atoms with Crippen LogP contribution in [-0.4, -0.2) is 35.8 Å². The summed E-state index contributed by atoms with van der Waals surface area (Å²) in [6.07, 6.45) is 1.17. The van der Waals surface area contributed by atoms with E-state index < -0.39 is 11.5 Å². The van der Waals surface area contributed by atoms with E-state index in [1.54, 1.807) is 19.1 Å². The predicted octanol–water partition coefficient (Wildman–Crippen LogP) is 2.23. The van der Waals surface area contributed by atoms with E-state index in [4.69, 9.17) is 15.0 Å². The molecule has 3 rings (SSSR count). The van der Waals surface area contributed by atoms with Gasteiger partial charge in [-0.05, 0) is 31.9 Å². The summed E-state index contributed by atoms with van der Waals surface area (Å²) in [5.74, 6) is 0.00737. The number of benzene rings is 1. The highest BCUT2D eigenvalue weighted by atomic mass is 35.5. The van der Waals surface area contributed by atoms with Crippen LogP contribution in [0.15, 0.2) is 28.8 Å². The minimum Gasteiger partial charge on any atom is -0.381 e. The highest BCUT2D eigenvalue weighted by Crippen LogP contribution is 2.30. The molecule has 1 amide bonds. The van der Waals surface area contributed by atoms with Crippen LogP contribution < -0.4 is 11.1 Å². The Hall–Kier alpha value is -2.03. The molecule has 1 saturated heterocycles. The quantitative estimate of drug-likeness (QED) is 0.819. The molecule has 2 heterocycles. The summed E-state index contributed by atoms with van der Waals surface area (Å²) in [6, 6.07) is 5.44. The molecule has 1 unspecified atom stereocenters. The van der Waals surface area contributed by atoms with Crippen LogP contribution in [0.4, 0.5) is 4.39 Å². The van der Waals surface area contributed by atoms with E-state index in [-0.39, 0.29) is 42.4 Å². The first-order chi connectivity index (χ1) is 12.0. The first kappa shape index (κ1) is 20.3. The molecule has 1 aromatic heterocycles. The van der Waals surface area contributed by atoms with Crippen molar-refractivity contribution in [2.75, 3.05) is 19.8 Å². The van der Waals surface area contributed by atoms with Crippen molar-refractivity contribution < 1.29 is 18.4 Å². The van der Waals surface area contributed by atoms with E-state index in [1.165, 1.54) is 12.1 Å². The van der Waals surface area contributed by atoms with Gasteiger partial charge in [-0.15, -0.1) is 12.4 Å². The number of amides is 1. The summed E-state index contributed by atoms with van der Waals surface area (Å²) in [5.41, 5.74) is 5.73. The number of nitrogens with one attached hydrogen (secondary N) is 1. The van der Waals surface area contributed by atoms with Gasteiger partial charge in [-0.1, -0.05) is 17.3 Å². The number of nitrogens with two attached hydrogens (primary N) is 1. The molecule has 1 aliphatic rings. The topological polar surface area (TPSA) is 103 Å². The predicted molar refractivity (Wildman–Crippen MR) is 95.0 cm³/mol. The van der Waals surface area contributed by atoms with Crippen LogP contribution in [0, 0.1) is 11.2 Å². The molecule has 0 bridgehead atoms. The summed E-state index contributed by atoms with van der Waals surface area (Å²) >= 11 is 0. The Balaban J connectivity index is 0.00000243. The normalized spacial score (nSPS) is 17.2. The lowest BCUT2D eigenvalue weighted by atomic mass is 9.79. The maximum absolute atomic E-state index is 13.3. The Labute approximate surface area is 156 Å². The zero-order valence-corrected chi connectivity index (χ0v) is 15.2. The van der Waals surface area contributed by atoms with Crippen molar-refractivity contribution in [2.24, 2.45) is 11.1 Å². The van der Waals surface area contributed by atoms with Crippen molar-refractivity contribution in [1.29, 1.82) is 0 Å². The van der Waals surface area contributed by atoms with Gasteiger partial charge in [0.15, 0.2) is 0 Å². The number of hydrogen-bond donors (Lipinski definition) is 2. The van der Waals surface area contributed by atoms with Crippen molar-refractivity contribution >= 4 is 18.3 Å². The number of aromatic nitrogens is 2. The van der Waals surface area contributed by atoms with Gasteiger partial charge in [-0.2, -0.15) is 4.98 Å². The second-order valence-electron chi connectivity index (χ2n) is 6.26. The highest BCUT2D eigenvalue weighted by molar-refractivity contribution is 5.85. The zero-order chi connectivity index (χ0) is 17.9. The van der Waals surface area contributed by atoms with E-state index in [0.717, 1.165) is 0 Å². The molecule has 1 fully saturated rings. The van der Waals surface area contributed by atoms with Crippen LogP contribution in [0.2, 0.25) is 0 Å². The van der Waals surface area contributed by atoms with E-state index in [9.17, 15) is 9.18 Å². The van der Waals surface area contributed by atoms with E-state index in [1.807, 2.05) is 0 Å². The summed E-state index contributed by atoms with van der Waals surface area (Å²) < 4.78 is 23.9. The van der Waals surface area contributed by atoms with Gasteiger partial charge in [-0.3, -0.25) is 4.79 Å². The van der Waals surface area contributed by atoms with Crippen molar-refractivity contribution in [3.63, 3.8) is 0 Å². The maximum Gasteiger partial charge on any atom is 0.249 e. The first-order valence-electron chi connectivity index (χ1n) is 8.22. The smallest absolute Gasteiger partial charge is 0.249 e. The molecule has 1 aliphatic heterocycles. The van der Waals surface area contributed by atoms with Crippen LogP contribution in [0.5, 0.6) is 0 Å². The molecule has 0 radical (unpaired) electrons. The van der Waals surface area contributed by atoms with Crippen molar-refractivity contribution in [3.05, 3.63) is 36.0 Å². The standard InChI is InChI=1S/C17H21FN4O3.ClH/c1-11(20-16(23)17(10-19)5-7-24-8-6-17)15-21-14(22-25-15)12-3-2-4-13(18)9-12;/h2-4,9,11H,5-8,10,19H2,1H3,(H,20,23);1H. The molecule has 7 nitrogen and oxygen atoms in total. The zero-order valence-electron chi connectivity index (χ0n) is 14.4. The Morgan fingerprint density at radius 1 is 1.42 bits per heavy atom. The van der Waals surface area contributed by atoms with E-state index >= 15 is 0 Å². The molecule has 1 atom stereocenters. The van der Waals surface area contributed by atoms with Gasteiger partial charge >= 0.3 is 0 Å². The summed E-state index contributed by atoms with van der Waals surface area (Å²) in [5, 5.41) is 6.75. The molecule has 0 aliphatic carbocycles. The molecule has 9 heteroatoms. The van der Waals surface area contributed by atoms with Crippen molar-refractivity contribution in [1.82, 2.24) is 15.5 Å². The maximum atomic E-state index is 13.3. The molecule has 3 N–H and O–H groups in total. The lowest BCUT2D eigenvalue weighted by molar-refractivity contribution is -0.136. The van der Waals surface area contributed by atoms with Crippen LogP contribution >= 0.6 is 12.4 Å². The Morgan fingerprint density at radius 3 is 2.81 bits per heavy atom. The van der Waals surface area contributed by atoms with Crippen LogP contribution in [0.1, 0.15) is 31.7 Å². The summed E-state index contributed by atoms with van der Waals surface area (Å²) in [6.45, 7) is 3.05. The minimum atomic E-state index is -0.627. The second-order valence-corrected chi connectivity index (χ2v) is 6.26. The van der Waals surface area contributed by atoms with Gasteiger partial charge < -0.3 is 20.3 Å². The molecule has 142 valence electrons. The van der Waals surface area contributed by atoms with Gasteiger partial charge in [0.2, 0.25) is 17.6 Å². The molecule has 2 aromatic rings. The third-order valence-electron chi connectivity index (χ3n) is 4.56. The van der Waals surface area contributed by atoms with E-state index in [2.05, 4.69) is 15.5 Å². The van der Waals surface area contributed by atoms with Gasteiger partial charge in [0.1, 0.15) is 11.9 Å². The number of hydrogen-bond acceptors (Lipinski definition) is 6. The van der Waals surface area contributed by atoms with Gasteiger partial charge in [0.05, 0.1) is 5.41 Å². The number of nitrogens with zero attached hydrogens (tertiary/aromatic N) is 2. The number of rotatable bonds is 5. The fourth-order valence-corrected chi connectivity index (χ4v) is 2.85. The monoisotopic (exact) mass is 384 g/mol. The molecule has 0 spiro atoms. The third-order valence-corrected chi connectivity index (χ3v) is 4.56. The molecular weight excluding hydrogens is 363 g/mol. The van der Waals surface area contributed by atoms with Crippen molar-refractivity contribution in [3.8, 4) is 11.4 Å². The highest BCUT2D eigenvalue weighted by Gasteiger charge is 2.39. The largest absolute Gasteiger partial charge is 0.381 e. The average Bonchev–Trinajstić information content (AvgIpc) is 3.12. The molecular formula is C17H22ClFN4O3. The van der Waals surface area contributed by atoms with Gasteiger partial charge in [-0.25, -0.2) is 4.39 Å². The third kappa shape index (κ3) is 4.20. The Kier molecular flexibility index (Phi) is 6.69. The summed E-state index contributed by atoms with van der Waals surface area (Å²) in [4.78, 5) is 16.9. The lowest BCUT2D eigenvalue weighted by Crippen LogP contribution is -2.49. The lowest BCUT2D eigenvalue weighted by Gasteiger charge is -2.35. The van der Waals surface area contributed by atoms with Crippen LogP contribution in [0.25, 0.3) is 11.4 Å². The second kappa shape index (κ2) is 8.57. The average molecular weight is 385 g/mol. The Bertz CT molecular complexity index is 749. The van der Waals surface area contributed by atoms with Crippen molar-refractivity contribution in [2.45, 2.75) is 25.8 Å². The van der Waals surface area contributed by atoms with E-state index in [0.29, 0.717) is 31.6 Å². The molecule has 0 saturated carbocycles. The number of ether oxygens (including phenoxy) is 1. The van der Waals surface area contributed by atoms with Gasteiger partial charge in [0.25, 0.3) is 0 Å². The number of carbonyl (C=O) groups excluding carboxylic acids is 1. The minimum absolute atomic E-state index is 0. The van der Waals surface area contributed by atoms with Gasteiger partial charge in [0, 0.05) is 25.3 Å². The molecule has 1 aromatic carbocycles. The number of halogens is 2. The fourth-order valence-electron chi connectivity index (χ4n) is 2.85.